The second-order valence-corrected chi connectivity index (χ2v) is 5.61. The van der Waals surface area contributed by atoms with E-state index >= 15 is 0 Å². The number of carbonyl (C=O) groups excluding carboxylic acids is 1. The quantitative estimate of drug-likeness (QED) is 0.896. The van der Waals surface area contributed by atoms with E-state index in [4.69, 9.17) is 5.11 Å². The van der Waals surface area contributed by atoms with Gasteiger partial charge in [0.15, 0.2) is 0 Å². The number of carboxylic acid groups (broad SMARTS) is 1. The summed E-state index contributed by atoms with van der Waals surface area (Å²) in [5.74, 6) is -2.23. The Morgan fingerprint density at radius 3 is 2.60 bits per heavy atom. The highest BCUT2D eigenvalue weighted by Crippen LogP contribution is 2.42. The van der Waals surface area contributed by atoms with Gasteiger partial charge in [-0.25, -0.2) is 4.39 Å². The van der Waals surface area contributed by atoms with Gasteiger partial charge in [0, 0.05) is 12.6 Å². The van der Waals surface area contributed by atoms with Gasteiger partial charge in [-0.05, 0) is 37.0 Å². The predicted molar refractivity (Wildman–Crippen MR) is 69.2 cm³/mol. The average molecular weight is 277 g/mol. The first kappa shape index (κ1) is 13.1. The molecule has 2 fully saturated rings. The maximum absolute atomic E-state index is 13.2. The summed E-state index contributed by atoms with van der Waals surface area (Å²) >= 11 is 0. The van der Waals surface area contributed by atoms with E-state index in [9.17, 15) is 14.0 Å². The van der Waals surface area contributed by atoms with Gasteiger partial charge in [-0.15, -0.1) is 0 Å². The van der Waals surface area contributed by atoms with Crippen molar-refractivity contribution in [2.24, 2.45) is 11.8 Å². The molecular formula is C15H16FNO3. The summed E-state index contributed by atoms with van der Waals surface area (Å²) in [5, 5.41) is 8.91. The first-order chi connectivity index (χ1) is 9.56. The van der Waals surface area contributed by atoms with Crippen molar-refractivity contribution in [3.8, 4) is 0 Å². The van der Waals surface area contributed by atoms with Crippen LogP contribution in [0.4, 0.5) is 4.39 Å². The van der Waals surface area contributed by atoms with E-state index in [1.54, 1.807) is 17.0 Å². The van der Waals surface area contributed by atoms with Crippen LogP contribution in [0.3, 0.4) is 0 Å². The fourth-order valence-electron chi connectivity index (χ4n) is 2.56. The molecular weight excluding hydrogens is 261 g/mol. The zero-order valence-corrected chi connectivity index (χ0v) is 11.0. The smallest absolute Gasteiger partial charge is 0.307 e. The van der Waals surface area contributed by atoms with E-state index in [1.807, 2.05) is 0 Å². The molecule has 1 aromatic carbocycles. The molecule has 2 aliphatic carbocycles. The molecule has 2 atom stereocenters. The summed E-state index contributed by atoms with van der Waals surface area (Å²) in [6, 6.07) is 6.39. The number of carboxylic acids is 1. The Morgan fingerprint density at radius 1 is 1.30 bits per heavy atom. The summed E-state index contributed by atoms with van der Waals surface area (Å²) in [4.78, 5) is 25.0. The average Bonchev–Trinajstić information content (AvgIpc) is 3.28. The molecule has 0 saturated heterocycles. The van der Waals surface area contributed by atoms with Crippen LogP contribution in [0.15, 0.2) is 24.3 Å². The van der Waals surface area contributed by atoms with E-state index in [0.717, 1.165) is 18.4 Å². The predicted octanol–water partition coefficient (Wildman–Crippen LogP) is 2.04. The molecule has 0 unspecified atom stereocenters. The molecule has 0 radical (unpaired) electrons. The van der Waals surface area contributed by atoms with Crippen LogP contribution in [0, 0.1) is 17.7 Å². The van der Waals surface area contributed by atoms with Crippen LogP contribution in [-0.2, 0) is 16.1 Å². The Morgan fingerprint density at radius 2 is 2.05 bits per heavy atom. The Labute approximate surface area is 116 Å². The van der Waals surface area contributed by atoms with Crippen molar-refractivity contribution >= 4 is 11.9 Å². The van der Waals surface area contributed by atoms with Crippen LogP contribution < -0.4 is 0 Å². The Hall–Kier alpha value is -1.91. The van der Waals surface area contributed by atoms with Crippen molar-refractivity contribution in [1.82, 2.24) is 4.90 Å². The van der Waals surface area contributed by atoms with E-state index in [1.165, 1.54) is 12.1 Å². The largest absolute Gasteiger partial charge is 0.481 e. The number of benzene rings is 1. The second kappa shape index (κ2) is 4.89. The van der Waals surface area contributed by atoms with Gasteiger partial charge in [0.1, 0.15) is 5.82 Å². The van der Waals surface area contributed by atoms with Gasteiger partial charge >= 0.3 is 5.97 Å². The minimum Gasteiger partial charge on any atom is -0.481 e. The molecule has 20 heavy (non-hydrogen) atoms. The highest BCUT2D eigenvalue weighted by Gasteiger charge is 2.51. The zero-order chi connectivity index (χ0) is 14.3. The number of nitrogens with zero attached hydrogens (tertiary/aromatic N) is 1. The maximum Gasteiger partial charge on any atom is 0.307 e. The molecule has 0 spiro atoms. The highest BCUT2D eigenvalue weighted by atomic mass is 19.1. The van der Waals surface area contributed by atoms with Gasteiger partial charge in [0.25, 0.3) is 0 Å². The SMILES string of the molecule is O=C(O)[C@@H]1C[C@@H]1C(=O)N(Cc1cccc(F)c1)C1CC1. The van der Waals surface area contributed by atoms with Gasteiger partial charge in [-0.1, -0.05) is 12.1 Å². The van der Waals surface area contributed by atoms with Crippen molar-refractivity contribution in [1.29, 1.82) is 0 Å². The summed E-state index contributed by atoms with van der Waals surface area (Å²) in [6.45, 7) is 0.365. The molecule has 4 nitrogen and oxygen atoms in total. The highest BCUT2D eigenvalue weighted by molar-refractivity contribution is 5.89. The molecule has 0 aliphatic heterocycles. The van der Waals surface area contributed by atoms with Crippen LogP contribution in [-0.4, -0.2) is 27.9 Å². The number of rotatable bonds is 5. The van der Waals surface area contributed by atoms with Gasteiger partial charge in [-0.3, -0.25) is 9.59 Å². The summed E-state index contributed by atoms with van der Waals surface area (Å²) in [5.41, 5.74) is 0.748. The van der Waals surface area contributed by atoms with Gasteiger partial charge < -0.3 is 10.0 Å². The molecule has 3 rings (SSSR count). The van der Waals surface area contributed by atoms with Crippen LogP contribution >= 0.6 is 0 Å². The van der Waals surface area contributed by atoms with Gasteiger partial charge in [-0.2, -0.15) is 0 Å². The third-order valence-electron chi connectivity index (χ3n) is 3.94. The van der Waals surface area contributed by atoms with Crippen LogP contribution in [0.5, 0.6) is 0 Å². The minimum absolute atomic E-state index is 0.0934. The van der Waals surface area contributed by atoms with E-state index in [0.29, 0.717) is 13.0 Å². The lowest BCUT2D eigenvalue weighted by Gasteiger charge is -2.22. The Kier molecular flexibility index (Phi) is 3.20. The zero-order valence-electron chi connectivity index (χ0n) is 11.0. The van der Waals surface area contributed by atoms with E-state index in [2.05, 4.69) is 0 Å². The molecule has 2 saturated carbocycles. The maximum atomic E-state index is 13.2. The number of halogens is 1. The van der Waals surface area contributed by atoms with Crippen molar-refractivity contribution in [2.75, 3.05) is 0 Å². The monoisotopic (exact) mass is 277 g/mol. The molecule has 0 bridgehead atoms. The normalized spacial score (nSPS) is 24.2. The first-order valence-corrected chi connectivity index (χ1v) is 6.84. The lowest BCUT2D eigenvalue weighted by molar-refractivity contribution is -0.142. The topological polar surface area (TPSA) is 57.6 Å². The van der Waals surface area contributed by atoms with Crippen molar-refractivity contribution in [3.63, 3.8) is 0 Å². The second-order valence-electron chi connectivity index (χ2n) is 5.61. The van der Waals surface area contributed by atoms with E-state index in [-0.39, 0.29) is 23.7 Å². The lowest BCUT2D eigenvalue weighted by atomic mass is 10.2. The van der Waals surface area contributed by atoms with Crippen molar-refractivity contribution < 1.29 is 19.1 Å². The Balaban J connectivity index is 1.70. The summed E-state index contributed by atoms with van der Waals surface area (Å²) in [7, 11) is 0. The molecule has 1 aromatic rings. The number of aliphatic carboxylic acids is 1. The Bertz CT molecular complexity index is 556. The third kappa shape index (κ3) is 2.66. The summed E-state index contributed by atoms with van der Waals surface area (Å²) < 4.78 is 13.2. The first-order valence-electron chi connectivity index (χ1n) is 6.84. The molecule has 1 amide bonds. The molecule has 0 heterocycles. The van der Waals surface area contributed by atoms with Gasteiger partial charge in [0.05, 0.1) is 11.8 Å². The molecule has 2 aliphatic rings. The lowest BCUT2D eigenvalue weighted by Crippen LogP contribution is -2.34. The van der Waals surface area contributed by atoms with Crippen LogP contribution in [0.1, 0.15) is 24.8 Å². The third-order valence-corrected chi connectivity index (χ3v) is 3.94. The van der Waals surface area contributed by atoms with Crippen LogP contribution in [0.2, 0.25) is 0 Å². The molecule has 106 valence electrons. The standard InChI is InChI=1S/C15H16FNO3/c16-10-3-1-2-9(6-10)8-17(11-4-5-11)14(18)12-7-13(12)15(19)20/h1-3,6,11-13H,4-5,7-8H2,(H,19,20)/t12-,13+/m0/s1. The fourth-order valence-corrected chi connectivity index (χ4v) is 2.56. The molecule has 5 heteroatoms. The summed E-state index contributed by atoms with van der Waals surface area (Å²) in [6.07, 6.45) is 2.33. The molecule has 0 aromatic heterocycles. The van der Waals surface area contributed by atoms with Gasteiger partial charge in [0.2, 0.25) is 5.91 Å². The minimum atomic E-state index is -0.898. The van der Waals surface area contributed by atoms with Crippen molar-refractivity contribution in [2.45, 2.75) is 31.8 Å². The number of hydrogen-bond donors (Lipinski definition) is 1. The molecule has 1 N–H and O–H groups in total. The van der Waals surface area contributed by atoms with Crippen molar-refractivity contribution in [3.05, 3.63) is 35.6 Å². The number of hydrogen-bond acceptors (Lipinski definition) is 2. The van der Waals surface area contributed by atoms with E-state index < -0.39 is 11.9 Å². The number of amides is 1. The van der Waals surface area contributed by atoms with Crippen LogP contribution in [0.25, 0.3) is 0 Å². The fraction of sp³-hybridized carbons (Fsp3) is 0.467. The number of carbonyl (C=O) groups is 2.